The number of halogens is 1. The Morgan fingerprint density at radius 1 is 1.24 bits per heavy atom. The molecule has 1 saturated heterocycles. The van der Waals surface area contributed by atoms with Crippen molar-refractivity contribution >= 4 is 25.8 Å². The average molecular weight is 270 g/mol. The van der Waals surface area contributed by atoms with E-state index in [4.69, 9.17) is 10.7 Å². The molecule has 0 bridgehead atoms. The molecular formula is C11H8ClNO3S. The van der Waals surface area contributed by atoms with Crippen molar-refractivity contribution in [1.29, 1.82) is 0 Å². The van der Waals surface area contributed by atoms with Gasteiger partial charge in [-0.15, -0.1) is 0 Å². The van der Waals surface area contributed by atoms with E-state index < -0.39 is 20.7 Å². The number of rotatable bonds is 1. The van der Waals surface area contributed by atoms with Gasteiger partial charge in [-0.1, -0.05) is 36.5 Å². The van der Waals surface area contributed by atoms with Gasteiger partial charge in [-0.3, -0.25) is 4.79 Å². The minimum absolute atomic E-state index is 0.290. The second-order valence-electron chi connectivity index (χ2n) is 4.90. The fourth-order valence-corrected chi connectivity index (χ4v) is 5.20. The first-order valence-electron chi connectivity index (χ1n) is 5.29. The number of hydrogen-bond donors (Lipinski definition) is 0. The zero-order valence-electron chi connectivity index (χ0n) is 8.58. The summed E-state index contributed by atoms with van der Waals surface area (Å²) in [5.74, 6) is -0.681. The number of hydrogen-bond acceptors (Lipinski definition) is 3. The summed E-state index contributed by atoms with van der Waals surface area (Å²) in [5, 5.41) is 0. The summed E-state index contributed by atoms with van der Waals surface area (Å²) in [5.41, 5.74) is -0.692. The van der Waals surface area contributed by atoms with Crippen LogP contribution in [0.2, 0.25) is 0 Å². The third-order valence-electron chi connectivity index (χ3n) is 4.47. The van der Waals surface area contributed by atoms with Gasteiger partial charge in [0.05, 0.1) is 12.0 Å². The lowest BCUT2D eigenvalue weighted by Crippen LogP contribution is -2.41. The molecule has 88 valence electrons. The van der Waals surface area contributed by atoms with E-state index in [1.54, 1.807) is 6.08 Å². The molecule has 4 atom stereocenters. The van der Waals surface area contributed by atoms with Crippen molar-refractivity contribution in [2.45, 2.75) is 6.04 Å². The highest BCUT2D eigenvalue weighted by atomic mass is 35.7. The smallest absolute Gasteiger partial charge is 0.273 e. The maximum absolute atomic E-state index is 12.2. The van der Waals surface area contributed by atoms with Crippen LogP contribution in [0.1, 0.15) is 0 Å². The zero-order valence-corrected chi connectivity index (χ0v) is 10.1. The van der Waals surface area contributed by atoms with E-state index >= 15 is 0 Å². The molecule has 2 fully saturated rings. The molecule has 1 amide bonds. The molecule has 0 aromatic rings. The van der Waals surface area contributed by atoms with E-state index in [0.29, 0.717) is 0 Å². The summed E-state index contributed by atoms with van der Waals surface area (Å²) in [6, 6.07) is -0.455. The fourth-order valence-electron chi connectivity index (χ4n) is 3.90. The van der Waals surface area contributed by atoms with Crippen molar-refractivity contribution in [2.75, 3.05) is 0 Å². The summed E-state index contributed by atoms with van der Waals surface area (Å²) in [6.45, 7) is 0. The molecule has 4 rings (SSSR count). The first-order chi connectivity index (χ1) is 7.95. The molecule has 1 aliphatic heterocycles. The lowest BCUT2D eigenvalue weighted by Gasteiger charge is -2.27. The van der Waals surface area contributed by atoms with Crippen molar-refractivity contribution in [3.8, 4) is 0 Å². The fraction of sp³-hybridized carbons (Fsp3) is 0.364. The van der Waals surface area contributed by atoms with Crippen LogP contribution in [0.4, 0.5) is 0 Å². The van der Waals surface area contributed by atoms with Gasteiger partial charge in [0.1, 0.15) is 0 Å². The number of amides is 1. The van der Waals surface area contributed by atoms with Crippen molar-refractivity contribution in [1.82, 2.24) is 4.31 Å². The highest BCUT2D eigenvalue weighted by molar-refractivity contribution is 8.12. The Hall–Kier alpha value is -1.07. The minimum atomic E-state index is -4.00. The molecule has 17 heavy (non-hydrogen) atoms. The van der Waals surface area contributed by atoms with Crippen LogP contribution in [0.3, 0.4) is 0 Å². The Morgan fingerprint density at radius 2 is 1.94 bits per heavy atom. The van der Waals surface area contributed by atoms with Gasteiger partial charge in [0.2, 0.25) is 5.91 Å². The zero-order chi connectivity index (χ0) is 12.1. The molecule has 4 nitrogen and oxygen atoms in total. The number of allylic oxidation sites excluding steroid dienone is 4. The van der Waals surface area contributed by atoms with Crippen LogP contribution in [0.15, 0.2) is 36.5 Å². The standard InChI is InChI=1S/C11H8ClNO3S/c12-17(15,16)13-7-3-6-10-4-1-2-5-11(7,10)8(10)9(13)14/h1-8H/t7-,8+,10+,11-/m0/s1. The Kier molecular flexibility index (Phi) is 1.38. The Balaban J connectivity index is 1.95. The molecule has 0 radical (unpaired) electrons. The third kappa shape index (κ3) is 0.770. The minimum Gasteiger partial charge on any atom is -0.273 e. The van der Waals surface area contributed by atoms with Gasteiger partial charge in [0.25, 0.3) is 0 Å². The highest BCUT2D eigenvalue weighted by Gasteiger charge is 2.87. The van der Waals surface area contributed by atoms with Gasteiger partial charge in [-0.05, 0) is 0 Å². The highest BCUT2D eigenvalue weighted by Crippen LogP contribution is 2.82. The van der Waals surface area contributed by atoms with E-state index in [1.807, 2.05) is 30.4 Å². The lowest BCUT2D eigenvalue weighted by atomic mass is 9.89. The molecule has 0 N–H and O–H groups in total. The van der Waals surface area contributed by atoms with Crippen molar-refractivity contribution < 1.29 is 13.2 Å². The van der Waals surface area contributed by atoms with E-state index in [9.17, 15) is 13.2 Å². The van der Waals surface area contributed by atoms with E-state index in [0.717, 1.165) is 4.31 Å². The van der Waals surface area contributed by atoms with Gasteiger partial charge >= 0.3 is 9.24 Å². The van der Waals surface area contributed by atoms with Crippen LogP contribution in [0.5, 0.6) is 0 Å². The molecule has 0 unspecified atom stereocenters. The summed E-state index contributed by atoms with van der Waals surface area (Å²) in [7, 11) is 1.34. The number of nitrogens with zero attached hydrogens (tertiary/aromatic N) is 1. The first kappa shape index (κ1) is 9.91. The average Bonchev–Trinajstić information content (AvgIpc) is 2.64. The molecule has 0 aromatic heterocycles. The summed E-state index contributed by atoms with van der Waals surface area (Å²) >= 11 is 0. The molecule has 1 saturated carbocycles. The predicted octanol–water partition coefficient (Wildman–Crippen LogP) is 0.979. The normalized spacial score (nSPS) is 48.5. The summed E-state index contributed by atoms with van der Waals surface area (Å²) in [4.78, 5) is 12.2. The quantitative estimate of drug-likeness (QED) is 0.527. The Bertz CT molecular complexity index is 650. The topological polar surface area (TPSA) is 54.5 Å². The molecule has 6 heteroatoms. The van der Waals surface area contributed by atoms with Crippen LogP contribution < -0.4 is 0 Å². The van der Waals surface area contributed by atoms with Crippen LogP contribution in [0.25, 0.3) is 0 Å². The molecular weight excluding hydrogens is 262 g/mol. The Morgan fingerprint density at radius 3 is 2.65 bits per heavy atom. The van der Waals surface area contributed by atoms with Gasteiger partial charge in [0.15, 0.2) is 0 Å². The summed E-state index contributed by atoms with van der Waals surface area (Å²) < 4.78 is 23.7. The third-order valence-corrected chi connectivity index (χ3v) is 5.80. The van der Waals surface area contributed by atoms with Crippen molar-refractivity contribution in [3.05, 3.63) is 36.5 Å². The molecule has 4 aliphatic rings. The van der Waals surface area contributed by atoms with Crippen LogP contribution in [-0.2, 0) is 14.0 Å². The van der Waals surface area contributed by atoms with Crippen molar-refractivity contribution in [3.63, 3.8) is 0 Å². The molecule has 1 heterocycles. The van der Waals surface area contributed by atoms with Gasteiger partial charge < -0.3 is 0 Å². The molecule has 3 aliphatic carbocycles. The van der Waals surface area contributed by atoms with Crippen LogP contribution >= 0.6 is 10.7 Å². The number of carbonyl (C=O) groups excluding carboxylic acids is 1. The van der Waals surface area contributed by atoms with E-state index in [2.05, 4.69) is 0 Å². The van der Waals surface area contributed by atoms with E-state index in [-0.39, 0.29) is 17.2 Å². The second-order valence-corrected chi connectivity index (χ2v) is 7.28. The lowest BCUT2D eigenvalue weighted by molar-refractivity contribution is -0.126. The molecule has 1 spiro atoms. The molecule has 0 aromatic carbocycles. The van der Waals surface area contributed by atoms with E-state index in [1.165, 1.54) is 0 Å². The van der Waals surface area contributed by atoms with Gasteiger partial charge in [-0.25, -0.2) is 4.31 Å². The SMILES string of the molecule is O=C1[C@@H]2[C@]34C=CC=C[C@]23[C@H](C=C4)N1S(=O)(=O)Cl. The largest absolute Gasteiger partial charge is 0.324 e. The number of carbonyl (C=O) groups is 1. The van der Waals surface area contributed by atoms with Crippen LogP contribution in [0, 0.1) is 16.7 Å². The van der Waals surface area contributed by atoms with Gasteiger partial charge in [-0.2, -0.15) is 8.42 Å². The number of piperidine rings is 1. The van der Waals surface area contributed by atoms with Crippen LogP contribution in [-0.4, -0.2) is 24.7 Å². The van der Waals surface area contributed by atoms with Gasteiger partial charge in [0, 0.05) is 21.5 Å². The Labute approximate surface area is 103 Å². The maximum atomic E-state index is 12.2. The second kappa shape index (κ2) is 2.37. The monoisotopic (exact) mass is 269 g/mol. The summed E-state index contributed by atoms with van der Waals surface area (Å²) in [6.07, 6.45) is 11.4. The van der Waals surface area contributed by atoms with Crippen molar-refractivity contribution in [2.24, 2.45) is 16.7 Å². The predicted molar refractivity (Wildman–Crippen MR) is 61.2 cm³/mol. The maximum Gasteiger partial charge on any atom is 0.324 e. The first-order valence-corrected chi connectivity index (χ1v) is 7.56.